The Morgan fingerprint density at radius 2 is 1.83 bits per heavy atom. The predicted octanol–water partition coefficient (Wildman–Crippen LogP) is 4.34. The standard InChI is InChI=1S/C19H19ClF3N3O3S/c1-12(18(27)25-17-8-3-13(20)11-16(17)19(21,22)23)24-14-4-6-15(7-5-14)26-9-2-10-30(26,28)29/h3-8,11-12,24H,2,9-10H2,1H3,(H,25,27). The van der Waals surface area contributed by atoms with Gasteiger partial charge in [0.2, 0.25) is 15.9 Å². The number of anilines is 3. The molecule has 0 aliphatic carbocycles. The van der Waals surface area contributed by atoms with Gasteiger partial charge in [0.15, 0.2) is 0 Å². The topological polar surface area (TPSA) is 78.5 Å². The lowest BCUT2D eigenvalue weighted by Crippen LogP contribution is -2.32. The summed E-state index contributed by atoms with van der Waals surface area (Å²) in [4.78, 5) is 12.4. The zero-order valence-corrected chi connectivity index (χ0v) is 17.4. The van der Waals surface area contributed by atoms with Gasteiger partial charge < -0.3 is 10.6 Å². The minimum absolute atomic E-state index is 0.0911. The molecular weight excluding hydrogens is 443 g/mol. The quantitative estimate of drug-likeness (QED) is 0.694. The molecule has 6 nitrogen and oxygen atoms in total. The van der Waals surface area contributed by atoms with E-state index in [1.54, 1.807) is 24.3 Å². The number of hydrogen-bond acceptors (Lipinski definition) is 4. The van der Waals surface area contributed by atoms with Crippen LogP contribution in [0.25, 0.3) is 0 Å². The summed E-state index contributed by atoms with van der Waals surface area (Å²) < 4.78 is 64.8. The van der Waals surface area contributed by atoms with Crippen LogP contribution in [0.4, 0.5) is 30.2 Å². The molecule has 1 saturated heterocycles. The molecule has 1 aliphatic heterocycles. The Hall–Kier alpha value is -2.46. The van der Waals surface area contributed by atoms with Crippen molar-refractivity contribution in [3.8, 4) is 0 Å². The highest BCUT2D eigenvalue weighted by molar-refractivity contribution is 7.93. The van der Waals surface area contributed by atoms with Crippen LogP contribution in [0, 0.1) is 0 Å². The molecule has 0 radical (unpaired) electrons. The van der Waals surface area contributed by atoms with Gasteiger partial charge in [-0.15, -0.1) is 0 Å². The van der Waals surface area contributed by atoms with E-state index in [0.29, 0.717) is 24.3 Å². The van der Waals surface area contributed by atoms with Crippen LogP contribution in [-0.2, 0) is 21.0 Å². The third-order valence-electron chi connectivity index (χ3n) is 4.58. The van der Waals surface area contributed by atoms with Crippen molar-refractivity contribution in [2.24, 2.45) is 0 Å². The second kappa shape index (κ2) is 8.35. The number of benzene rings is 2. The number of nitrogens with zero attached hydrogens (tertiary/aromatic N) is 1. The molecule has 3 rings (SSSR count). The molecule has 0 bridgehead atoms. The van der Waals surface area contributed by atoms with Gasteiger partial charge in [0.1, 0.15) is 6.04 Å². The molecule has 1 atom stereocenters. The van der Waals surface area contributed by atoms with Gasteiger partial charge in [-0.05, 0) is 55.8 Å². The van der Waals surface area contributed by atoms with Crippen LogP contribution in [-0.4, -0.2) is 32.7 Å². The monoisotopic (exact) mass is 461 g/mol. The van der Waals surface area contributed by atoms with Gasteiger partial charge >= 0.3 is 6.18 Å². The summed E-state index contributed by atoms with van der Waals surface area (Å²) in [7, 11) is -3.30. The van der Waals surface area contributed by atoms with E-state index < -0.39 is 33.7 Å². The van der Waals surface area contributed by atoms with Crippen molar-refractivity contribution in [3.63, 3.8) is 0 Å². The first-order chi connectivity index (χ1) is 14.0. The Morgan fingerprint density at radius 1 is 1.17 bits per heavy atom. The minimum atomic E-state index is -4.67. The molecule has 2 aromatic carbocycles. The van der Waals surface area contributed by atoms with Gasteiger partial charge in [-0.1, -0.05) is 11.6 Å². The highest BCUT2D eigenvalue weighted by Gasteiger charge is 2.34. The molecule has 1 unspecified atom stereocenters. The lowest BCUT2D eigenvalue weighted by molar-refractivity contribution is -0.137. The molecule has 2 aromatic rings. The van der Waals surface area contributed by atoms with Crippen LogP contribution >= 0.6 is 11.6 Å². The van der Waals surface area contributed by atoms with Crippen molar-refractivity contribution in [3.05, 3.63) is 53.1 Å². The average molecular weight is 462 g/mol. The number of rotatable bonds is 5. The van der Waals surface area contributed by atoms with E-state index in [1.807, 2.05) is 0 Å². The molecule has 1 amide bonds. The summed E-state index contributed by atoms with van der Waals surface area (Å²) in [6, 6.07) is 8.68. The Morgan fingerprint density at radius 3 is 2.40 bits per heavy atom. The van der Waals surface area contributed by atoms with E-state index in [4.69, 9.17) is 11.6 Å². The summed E-state index contributed by atoms with van der Waals surface area (Å²) in [5.41, 5.74) is -0.386. The van der Waals surface area contributed by atoms with Crippen molar-refractivity contribution < 1.29 is 26.4 Å². The van der Waals surface area contributed by atoms with E-state index in [2.05, 4.69) is 10.6 Å². The number of amides is 1. The number of carbonyl (C=O) groups is 1. The highest BCUT2D eigenvalue weighted by Crippen LogP contribution is 2.36. The van der Waals surface area contributed by atoms with E-state index in [1.165, 1.54) is 17.3 Å². The molecule has 2 N–H and O–H groups in total. The summed E-state index contributed by atoms with van der Waals surface area (Å²) in [5, 5.41) is 5.06. The molecule has 30 heavy (non-hydrogen) atoms. The largest absolute Gasteiger partial charge is 0.418 e. The van der Waals surface area contributed by atoms with Crippen molar-refractivity contribution in [2.75, 3.05) is 27.2 Å². The maximum Gasteiger partial charge on any atom is 0.418 e. The summed E-state index contributed by atoms with van der Waals surface area (Å²) in [5.74, 6) is -0.566. The second-order valence-corrected chi connectivity index (χ2v) is 9.28. The van der Waals surface area contributed by atoms with Crippen molar-refractivity contribution in [1.82, 2.24) is 0 Å². The first-order valence-electron chi connectivity index (χ1n) is 9.02. The van der Waals surface area contributed by atoms with Gasteiger partial charge in [-0.25, -0.2) is 8.42 Å². The maximum absolute atomic E-state index is 13.2. The zero-order chi connectivity index (χ0) is 22.1. The van der Waals surface area contributed by atoms with Crippen LogP contribution in [0.15, 0.2) is 42.5 Å². The van der Waals surface area contributed by atoms with E-state index in [0.717, 1.165) is 12.1 Å². The van der Waals surface area contributed by atoms with Crippen molar-refractivity contribution in [2.45, 2.75) is 25.6 Å². The second-order valence-electron chi connectivity index (χ2n) is 6.83. The molecule has 0 aromatic heterocycles. The number of carbonyl (C=O) groups excluding carboxylic acids is 1. The minimum Gasteiger partial charge on any atom is -0.374 e. The normalized spacial score (nSPS) is 16.9. The molecule has 162 valence electrons. The lowest BCUT2D eigenvalue weighted by Gasteiger charge is -2.20. The molecule has 1 fully saturated rings. The molecule has 0 spiro atoms. The molecule has 1 aliphatic rings. The SMILES string of the molecule is CC(Nc1ccc(N2CCCS2(=O)=O)cc1)C(=O)Nc1ccc(Cl)cc1C(F)(F)F. The van der Waals surface area contributed by atoms with Crippen LogP contribution in [0.1, 0.15) is 18.9 Å². The van der Waals surface area contributed by atoms with Gasteiger partial charge in [-0.2, -0.15) is 13.2 Å². The first-order valence-corrected chi connectivity index (χ1v) is 11.0. The fourth-order valence-corrected chi connectivity index (χ4v) is 4.81. The van der Waals surface area contributed by atoms with Crippen LogP contribution in [0.3, 0.4) is 0 Å². The van der Waals surface area contributed by atoms with E-state index in [9.17, 15) is 26.4 Å². The number of halogens is 4. The summed E-state index contributed by atoms with van der Waals surface area (Å²) in [6.45, 7) is 1.91. The van der Waals surface area contributed by atoms with Crippen LogP contribution in [0.2, 0.25) is 5.02 Å². The van der Waals surface area contributed by atoms with Crippen molar-refractivity contribution >= 4 is 44.6 Å². The van der Waals surface area contributed by atoms with E-state index in [-0.39, 0.29) is 16.5 Å². The van der Waals surface area contributed by atoms with Gasteiger partial charge in [-0.3, -0.25) is 9.10 Å². The third kappa shape index (κ3) is 4.99. The Balaban J connectivity index is 1.68. The zero-order valence-electron chi connectivity index (χ0n) is 15.8. The molecular formula is C19H19ClF3N3O3S. The number of hydrogen-bond donors (Lipinski definition) is 2. The molecule has 1 heterocycles. The summed E-state index contributed by atoms with van der Waals surface area (Å²) in [6.07, 6.45) is -4.11. The Bertz CT molecular complexity index is 1040. The predicted molar refractivity (Wildman–Crippen MR) is 110 cm³/mol. The van der Waals surface area contributed by atoms with Crippen molar-refractivity contribution in [1.29, 1.82) is 0 Å². The maximum atomic E-state index is 13.2. The van der Waals surface area contributed by atoms with Gasteiger partial charge in [0.05, 0.1) is 22.7 Å². The number of sulfonamides is 1. The fraction of sp³-hybridized carbons (Fsp3) is 0.316. The Labute approximate surface area is 177 Å². The number of nitrogens with one attached hydrogen (secondary N) is 2. The van der Waals surface area contributed by atoms with Gasteiger partial charge in [0.25, 0.3) is 0 Å². The fourth-order valence-electron chi connectivity index (χ4n) is 3.07. The van der Waals surface area contributed by atoms with Gasteiger partial charge in [0, 0.05) is 17.3 Å². The highest BCUT2D eigenvalue weighted by atomic mass is 35.5. The molecule has 0 saturated carbocycles. The smallest absolute Gasteiger partial charge is 0.374 e. The summed E-state index contributed by atoms with van der Waals surface area (Å²) >= 11 is 5.64. The average Bonchev–Trinajstić information content (AvgIpc) is 3.02. The van der Waals surface area contributed by atoms with Crippen LogP contribution in [0.5, 0.6) is 0 Å². The molecule has 11 heteroatoms. The first kappa shape index (κ1) is 22.2. The lowest BCUT2D eigenvalue weighted by atomic mass is 10.1. The number of alkyl halides is 3. The third-order valence-corrected chi connectivity index (χ3v) is 6.68. The van der Waals surface area contributed by atoms with Crippen LogP contribution < -0.4 is 14.9 Å². The van der Waals surface area contributed by atoms with E-state index >= 15 is 0 Å². The Kier molecular flexibility index (Phi) is 6.19.